The van der Waals surface area contributed by atoms with Crippen LogP contribution >= 0.6 is 0 Å². The van der Waals surface area contributed by atoms with Crippen LogP contribution in [0.15, 0.2) is 61.1 Å². The fraction of sp³-hybridized carbons (Fsp3) is 0.118. The Labute approximate surface area is 128 Å². The Morgan fingerprint density at radius 3 is 2.73 bits per heavy atom. The number of carbonyl (C=O) groups excluding carboxylic acids is 1. The molecule has 0 aliphatic carbocycles. The highest BCUT2D eigenvalue weighted by atomic mass is 16.1. The molecule has 5 nitrogen and oxygen atoms in total. The Bertz CT molecular complexity index is 766. The van der Waals surface area contributed by atoms with E-state index in [1.165, 1.54) is 0 Å². The molecule has 110 valence electrons. The number of aromatic nitrogens is 3. The van der Waals surface area contributed by atoms with E-state index in [4.69, 9.17) is 0 Å². The second kappa shape index (κ2) is 6.22. The van der Waals surface area contributed by atoms with Gasteiger partial charge in [0.2, 0.25) is 0 Å². The van der Waals surface area contributed by atoms with Gasteiger partial charge in [-0.1, -0.05) is 24.3 Å². The molecular weight excluding hydrogens is 276 g/mol. The van der Waals surface area contributed by atoms with Crippen LogP contribution in [0.25, 0.3) is 5.69 Å². The van der Waals surface area contributed by atoms with E-state index in [2.05, 4.69) is 15.4 Å². The summed E-state index contributed by atoms with van der Waals surface area (Å²) in [6.45, 7) is 2.28. The van der Waals surface area contributed by atoms with Gasteiger partial charge in [0.25, 0.3) is 5.91 Å². The third-order valence-electron chi connectivity index (χ3n) is 3.34. The number of para-hydroxylation sites is 1. The van der Waals surface area contributed by atoms with Crippen molar-refractivity contribution in [1.29, 1.82) is 0 Å². The van der Waals surface area contributed by atoms with Gasteiger partial charge in [-0.2, -0.15) is 5.10 Å². The molecule has 3 aromatic rings. The van der Waals surface area contributed by atoms with E-state index in [-0.39, 0.29) is 5.91 Å². The minimum atomic E-state index is -0.136. The average Bonchev–Trinajstić information content (AvgIpc) is 2.96. The van der Waals surface area contributed by atoms with E-state index < -0.39 is 0 Å². The first-order chi connectivity index (χ1) is 10.7. The molecule has 0 saturated heterocycles. The highest BCUT2D eigenvalue weighted by Gasteiger charge is 2.13. The average molecular weight is 292 g/mol. The number of nitrogens with zero attached hydrogens (tertiary/aromatic N) is 3. The van der Waals surface area contributed by atoms with Gasteiger partial charge in [-0.15, -0.1) is 0 Å². The Kier molecular flexibility index (Phi) is 3.96. The first-order valence-corrected chi connectivity index (χ1v) is 7.03. The second-order valence-corrected chi connectivity index (χ2v) is 4.95. The Hall–Kier alpha value is -2.95. The van der Waals surface area contributed by atoms with Crippen LogP contribution in [-0.4, -0.2) is 20.7 Å². The molecule has 0 fully saturated rings. The highest BCUT2D eigenvalue weighted by Crippen LogP contribution is 2.11. The fourth-order valence-electron chi connectivity index (χ4n) is 2.18. The molecule has 22 heavy (non-hydrogen) atoms. The van der Waals surface area contributed by atoms with E-state index in [1.807, 2.05) is 49.4 Å². The Morgan fingerprint density at radius 2 is 2.00 bits per heavy atom. The van der Waals surface area contributed by atoms with Crippen molar-refractivity contribution in [3.8, 4) is 5.69 Å². The summed E-state index contributed by atoms with van der Waals surface area (Å²) in [6, 6.07) is 13.5. The monoisotopic (exact) mass is 292 g/mol. The summed E-state index contributed by atoms with van der Waals surface area (Å²) < 4.78 is 1.72. The van der Waals surface area contributed by atoms with Crippen LogP contribution in [0.1, 0.15) is 21.6 Å². The molecule has 2 heterocycles. The largest absolute Gasteiger partial charge is 0.348 e. The van der Waals surface area contributed by atoms with Crippen LogP contribution in [0.4, 0.5) is 0 Å². The summed E-state index contributed by atoms with van der Waals surface area (Å²) in [4.78, 5) is 16.3. The lowest BCUT2D eigenvalue weighted by molar-refractivity contribution is 0.0950. The van der Waals surface area contributed by atoms with Crippen molar-refractivity contribution in [3.63, 3.8) is 0 Å². The van der Waals surface area contributed by atoms with Crippen molar-refractivity contribution in [2.45, 2.75) is 13.5 Å². The maximum atomic E-state index is 12.3. The molecule has 3 rings (SSSR count). The second-order valence-electron chi connectivity index (χ2n) is 4.95. The molecule has 1 aromatic carbocycles. The maximum Gasteiger partial charge on any atom is 0.255 e. The number of aryl methyl sites for hydroxylation is 1. The van der Waals surface area contributed by atoms with E-state index >= 15 is 0 Å². The first kappa shape index (κ1) is 14.0. The number of hydrogen-bond acceptors (Lipinski definition) is 3. The minimum absolute atomic E-state index is 0.136. The molecular formula is C17H16N4O. The van der Waals surface area contributed by atoms with E-state index in [1.54, 1.807) is 23.3 Å². The summed E-state index contributed by atoms with van der Waals surface area (Å²) in [5.41, 5.74) is 3.17. The maximum absolute atomic E-state index is 12.3. The number of nitrogens with one attached hydrogen (secondary N) is 1. The summed E-state index contributed by atoms with van der Waals surface area (Å²) in [7, 11) is 0. The van der Waals surface area contributed by atoms with E-state index in [0.717, 1.165) is 11.3 Å². The molecule has 0 spiro atoms. The highest BCUT2D eigenvalue weighted by molar-refractivity contribution is 5.95. The van der Waals surface area contributed by atoms with E-state index in [9.17, 15) is 4.79 Å². The lowest BCUT2D eigenvalue weighted by Gasteiger charge is -2.03. The third kappa shape index (κ3) is 3.03. The minimum Gasteiger partial charge on any atom is -0.348 e. The number of rotatable bonds is 4. The van der Waals surface area contributed by atoms with Crippen molar-refractivity contribution in [2.75, 3.05) is 0 Å². The summed E-state index contributed by atoms with van der Waals surface area (Å²) in [5, 5.41) is 7.29. The van der Waals surface area contributed by atoms with Gasteiger partial charge >= 0.3 is 0 Å². The Balaban J connectivity index is 1.74. The van der Waals surface area contributed by atoms with Crippen molar-refractivity contribution in [1.82, 2.24) is 20.1 Å². The molecule has 0 aliphatic rings. The lowest BCUT2D eigenvalue weighted by atomic mass is 10.2. The van der Waals surface area contributed by atoms with Crippen molar-refractivity contribution in [3.05, 3.63) is 77.9 Å². The number of amides is 1. The lowest BCUT2D eigenvalue weighted by Crippen LogP contribution is -2.23. The SMILES string of the molecule is Cc1nn(-c2ccccc2)cc1C(=O)NCc1cccnc1. The number of carbonyl (C=O) groups is 1. The van der Waals surface area contributed by atoms with Gasteiger partial charge in [0.1, 0.15) is 0 Å². The van der Waals surface area contributed by atoms with Crippen molar-refractivity contribution < 1.29 is 4.79 Å². The zero-order valence-corrected chi connectivity index (χ0v) is 12.2. The number of benzene rings is 1. The first-order valence-electron chi connectivity index (χ1n) is 7.03. The van der Waals surface area contributed by atoms with Gasteiger partial charge in [0.05, 0.1) is 16.9 Å². The zero-order chi connectivity index (χ0) is 15.4. The van der Waals surface area contributed by atoms with Gasteiger partial charge in [0, 0.05) is 25.1 Å². The van der Waals surface area contributed by atoms with Crippen molar-refractivity contribution >= 4 is 5.91 Å². The normalized spacial score (nSPS) is 10.4. The molecule has 1 amide bonds. The molecule has 2 aromatic heterocycles. The zero-order valence-electron chi connectivity index (χ0n) is 12.2. The van der Waals surface area contributed by atoms with Gasteiger partial charge in [-0.3, -0.25) is 9.78 Å². The molecule has 0 atom stereocenters. The predicted octanol–water partition coefficient (Wildman–Crippen LogP) is 2.51. The van der Waals surface area contributed by atoms with Gasteiger partial charge < -0.3 is 5.32 Å². The molecule has 5 heteroatoms. The number of pyridine rings is 1. The van der Waals surface area contributed by atoms with Crippen LogP contribution in [0.2, 0.25) is 0 Å². The molecule has 0 bridgehead atoms. The van der Waals surface area contributed by atoms with Gasteiger partial charge in [0.15, 0.2) is 0 Å². The van der Waals surface area contributed by atoms with Crippen LogP contribution < -0.4 is 5.32 Å². The topological polar surface area (TPSA) is 59.8 Å². The fourth-order valence-corrected chi connectivity index (χ4v) is 2.18. The standard InChI is InChI=1S/C17H16N4O/c1-13-16(12-21(20-13)15-7-3-2-4-8-15)17(22)19-11-14-6-5-9-18-10-14/h2-10,12H,11H2,1H3,(H,19,22). The molecule has 0 radical (unpaired) electrons. The summed E-state index contributed by atoms with van der Waals surface area (Å²) >= 11 is 0. The molecule has 1 N–H and O–H groups in total. The molecule has 0 unspecified atom stereocenters. The quantitative estimate of drug-likeness (QED) is 0.803. The molecule has 0 saturated carbocycles. The van der Waals surface area contributed by atoms with Crippen LogP contribution in [0.3, 0.4) is 0 Å². The van der Waals surface area contributed by atoms with Gasteiger partial charge in [-0.25, -0.2) is 4.68 Å². The predicted molar refractivity (Wildman–Crippen MR) is 83.7 cm³/mol. The van der Waals surface area contributed by atoms with Crippen molar-refractivity contribution in [2.24, 2.45) is 0 Å². The number of hydrogen-bond donors (Lipinski definition) is 1. The summed E-state index contributed by atoms with van der Waals surface area (Å²) in [6.07, 6.45) is 5.20. The smallest absolute Gasteiger partial charge is 0.255 e. The van der Waals surface area contributed by atoms with E-state index in [0.29, 0.717) is 17.8 Å². The van der Waals surface area contributed by atoms with Gasteiger partial charge in [-0.05, 0) is 30.7 Å². The van der Waals surface area contributed by atoms with Crippen LogP contribution in [0.5, 0.6) is 0 Å². The van der Waals surface area contributed by atoms with Crippen LogP contribution in [0, 0.1) is 6.92 Å². The molecule has 0 aliphatic heterocycles. The summed E-state index contributed by atoms with van der Waals surface area (Å²) in [5.74, 6) is -0.136. The Morgan fingerprint density at radius 1 is 1.18 bits per heavy atom. The van der Waals surface area contributed by atoms with Crippen LogP contribution in [-0.2, 0) is 6.54 Å². The third-order valence-corrected chi connectivity index (χ3v) is 3.34.